The van der Waals surface area contributed by atoms with Crippen LogP contribution in [0.4, 0.5) is 0 Å². The van der Waals surface area contributed by atoms with Gasteiger partial charge in [0.2, 0.25) is 0 Å². The maximum absolute atomic E-state index is 11.9. The van der Waals surface area contributed by atoms with E-state index >= 15 is 0 Å². The third-order valence-corrected chi connectivity index (χ3v) is 3.30. The number of hydrogen-bond acceptors (Lipinski definition) is 3. The summed E-state index contributed by atoms with van der Waals surface area (Å²) in [7, 11) is 0. The Bertz CT molecular complexity index is 426. The number of rotatable bonds is 7. The molecule has 0 aliphatic rings. The molecule has 1 amide bonds. The molecule has 0 spiro atoms. The molecule has 19 heavy (non-hydrogen) atoms. The summed E-state index contributed by atoms with van der Waals surface area (Å²) in [5, 5.41) is 9.19. The largest absolute Gasteiger partial charge is 0.480 e. The molecule has 5 nitrogen and oxygen atoms in total. The average Bonchev–Trinajstić information content (AvgIpc) is 2.41. The third kappa shape index (κ3) is 3.54. The van der Waals surface area contributed by atoms with Crippen molar-refractivity contribution in [2.75, 3.05) is 0 Å². The van der Waals surface area contributed by atoms with Gasteiger partial charge in [-0.25, -0.2) is 5.48 Å². The summed E-state index contributed by atoms with van der Waals surface area (Å²) in [6.07, 6.45) is 0.443. The summed E-state index contributed by atoms with van der Waals surface area (Å²) < 4.78 is 0. The van der Waals surface area contributed by atoms with E-state index in [0.29, 0.717) is 0 Å². The van der Waals surface area contributed by atoms with Gasteiger partial charge in [0.05, 0.1) is 6.61 Å². The van der Waals surface area contributed by atoms with Crippen molar-refractivity contribution in [2.24, 2.45) is 5.41 Å². The van der Waals surface area contributed by atoms with Crippen molar-refractivity contribution in [1.29, 1.82) is 0 Å². The molecular formula is C14H19NO4. The second kappa shape index (κ2) is 6.89. The van der Waals surface area contributed by atoms with E-state index in [2.05, 4.69) is 5.48 Å². The zero-order valence-corrected chi connectivity index (χ0v) is 11.2. The van der Waals surface area contributed by atoms with Gasteiger partial charge in [0.25, 0.3) is 5.91 Å². The van der Waals surface area contributed by atoms with Crippen LogP contribution in [0, 0.1) is 5.41 Å². The van der Waals surface area contributed by atoms with Gasteiger partial charge >= 0.3 is 5.97 Å². The predicted octanol–water partition coefficient (Wildman–Crippen LogP) is 2.13. The number of hydroxylamine groups is 1. The molecule has 0 saturated carbocycles. The molecule has 0 aromatic heterocycles. The highest BCUT2D eigenvalue weighted by Crippen LogP contribution is 2.26. The average molecular weight is 265 g/mol. The van der Waals surface area contributed by atoms with Crippen molar-refractivity contribution >= 4 is 11.9 Å². The highest BCUT2D eigenvalue weighted by Gasteiger charge is 2.43. The number of amides is 1. The molecule has 0 fully saturated rings. The number of nitrogens with one attached hydrogen (secondary N) is 1. The molecule has 2 N–H and O–H groups in total. The zero-order chi connectivity index (χ0) is 14.3. The van der Waals surface area contributed by atoms with Crippen LogP contribution in [-0.2, 0) is 21.0 Å². The first-order valence-electron chi connectivity index (χ1n) is 6.26. The van der Waals surface area contributed by atoms with Crippen molar-refractivity contribution in [1.82, 2.24) is 5.48 Å². The minimum atomic E-state index is -1.42. The van der Waals surface area contributed by atoms with Crippen LogP contribution in [0.5, 0.6) is 0 Å². The molecule has 0 saturated heterocycles. The quantitative estimate of drug-likeness (QED) is 0.585. The summed E-state index contributed by atoms with van der Waals surface area (Å²) >= 11 is 0. The number of carbonyl (C=O) groups is 2. The lowest BCUT2D eigenvalue weighted by atomic mass is 9.82. The van der Waals surface area contributed by atoms with Gasteiger partial charge < -0.3 is 5.11 Å². The van der Waals surface area contributed by atoms with Crippen LogP contribution < -0.4 is 5.48 Å². The van der Waals surface area contributed by atoms with Gasteiger partial charge in [0.1, 0.15) is 5.41 Å². The standard InChI is InChI=1S/C14H19NO4/c1-3-14(4-2,13(17)18)12(16)15-19-10-11-8-6-5-7-9-11/h5-9H,3-4,10H2,1-2H3,(H,15,16)(H,17,18). The van der Waals surface area contributed by atoms with Gasteiger partial charge in [-0.2, -0.15) is 0 Å². The minimum absolute atomic E-state index is 0.204. The van der Waals surface area contributed by atoms with E-state index in [1.54, 1.807) is 13.8 Å². The number of carboxylic acids is 1. The molecule has 0 aliphatic heterocycles. The second-order valence-electron chi connectivity index (χ2n) is 4.30. The number of hydrogen-bond donors (Lipinski definition) is 2. The van der Waals surface area contributed by atoms with Gasteiger partial charge in [0, 0.05) is 0 Å². The smallest absolute Gasteiger partial charge is 0.319 e. The first-order valence-corrected chi connectivity index (χ1v) is 6.26. The molecule has 1 rings (SSSR count). The molecule has 5 heteroatoms. The van der Waals surface area contributed by atoms with Crippen molar-refractivity contribution in [2.45, 2.75) is 33.3 Å². The molecular weight excluding hydrogens is 246 g/mol. The van der Waals surface area contributed by atoms with Crippen LogP contribution in [0.3, 0.4) is 0 Å². The molecule has 0 atom stereocenters. The second-order valence-corrected chi connectivity index (χ2v) is 4.30. The maximum atomic E-state index is 11.9. The number of aliphatic carboxylic acids is 1. The maximum Gasteiger partial charge on any atom is 0.319 e. The van der Waals surface area contributed by atoms with Crippen molar-refractivity contribution in [3.63, 3.8) is 0 Å². The van der Waals surface area contributed by atoms with Crippen LogP contribution in [-0.4, -0.2) is 17.0 Å². The summed E-state index contributed by atoms with van der Waals surface area (Å²) in [4.78, 5) is 28.3. The fraction of sp³-hybridized carbons (Fsp3) is 0.429. The molecule has 1 aromatic carbocycles. The SMILES string of the molecule is CCC(CC)(C(=O)O)C(=O)NOCc1ccccc1. The minimum Gasteiger partial charge on any atom is -0.480 e. The highest BCUT2D eigenvalue weighted by molar-refractivity contribution is 6.01. The number of carbonyl (C=O) groups excluding carboxylic acids is 1. The molecule has 0 heterocycles. The Morgan fingerprint density at radius 3 is 2.26 bits per heavy atom. The Hall–Kier alpha value is -1.88. The first-order chi connectivity index (χ1) is 9.06. The van der Waals surface area contributed by atoms with E-state index in [1.165, 1.54) is 0 Å². The summed E-state index contributed by atoms with van der Waals surface area (Å²) in [5.41, 5.74) is 1.72. The Labute approximate surface area is 112 Å². The number of carboxylic acid groups (broad SMARTS) is 1. The predicted molar refractivity (Wildman–Crippen MR) is 70.0 cm³/mol. The Morgan fingerprint density at radius 1 is 1.21 bits per heavy atom. The Kier molecular flexibility index (Phi) is 5.51. The van der Waals surface area contributed by atoms with E-state index in [4.69, 9.17) is 4.84 Å². The van der Waals surface area contributed by atoms with Crippen molar-refractivity contribution < 1.29 is 19.5 Å². The number of benzene rings is 1. The van der Waals surface area contributed by atoms with E-state index in [1.807, 2.05) is 30.3 Å². The topological polar surface area (TPSA) is 75.6 Å². The Morgan fingerprint density at radius 2 is 1.79 bits per heavy atom. The lowest BCUT2D eigenvalue weighted by molar-refractivity contribution is -0.162. The van der Waals surface area contributed by atoms with Crippen LogP contribution in [0.1, 0.15) is 32.3 Å². The van der Waals surface area contributed by atoms with Gasteiger partial charge in [-0.1, -0.05) is 44.2 Å². The van der Waals surface area contributed by atoms with Gasteiger partial charge in [-0.15, -0.1) is 0 Å². The summed E-state index contributed by atoms with van der Waals surface area (Å²) in [6.45, 7) is 3.55. The van der Waals surface area contributed by atoms with Crippen molar-refractivity contribution in [3.05, 3.63) is 35.9 Å². The molecule has 0 aliphatic carbocycles. The monoisotopic (exact) mass is 265 g/mol. The van der Waals surface area contributed by atoms with Crippen LogP contribution >= 0.6 is 0 Å². The van der Waals surface area contributed by atoms with Crippen LogP contribution in [0.15, 0.2) is 30.3 Å². The lowest BCUT2D eigenvalue weighted by Gasteiger charge is -2.24. The molecule has 0 unspecified atom stereocenters. The van der Waals surface area contributed by atoms with E-state index < -0.39 is 17.3 Å². The summed E-state index contributed by atoms with van der Waals surface area (Å²) in [6, 6.07) is 9.32. The van der Waals surface area contributed by atoms with Gasteiger partial charge in [-0.3, -0.25) is 14.4 Å². The zero-order valence-electron chi connectivity index (χ0n) is 11.2. The third-order valence-electron chi connectivity index (χ3n) is 3.30. The normalized spacial score (nSPS) is 11.1. The van der Waals surface area contributed by atoms with Crippen molar-refractivity contribution in [3.8, 4) is 0 Å². The highest BCUT2D eigenvalue weighted by atomic mass is 16.7. The van der Waals surface area contributed by atoms with E-state index in [-0.39, 0.29) is 19.4 Å². The molecule has 1 aromatic rings. The summed E-state index contributed by atoms with van der Waals surface area (Å²) in [5.74, 6) is -1.74. The van der Waals surface area contributed by atoms with Crippen LogP contribution in [0.2, 0.25) is 0 Å². The lowest BCUT2D eigenvalue weighted by Crippen LogP contribution is -2.45. The van der Waals surface area contributed by atoms with Crippen LogP contribution in [0.25, 0.3) is 0 Å². The fourth-order valence-electron chi connectivity index (χ4n) is 1.83. The molecule has 0 bridgehead atoms. The van der Waals surface area contributed by atoms with Gasteiger partial charge in [-0.05, 0) is 18.4 Å². The Balaban J connectivity index is 2.57. The van der Waals surface area contributed by atoms with E-state index in [0.717, 1.165) is 5.56 Å². The molecule has 0 radical (unpaired) electrons. The first kappa shape index (κ1) is 15.2. The molecule has 104 valence electrons. The fourth-order valence-corrected chi connectivity index (χ4v) is 1.83. The van der Waals surface area contributed by atoms with E-state index in [9.17, 15) is 14.7 Å². The van der Waals surface area contributed by atoms with Gasteiger partial charge in [0.15, 0.2) is 0 Å².